The van der Waals surface area contributed by atoms with Crippen molar-refractivity contribution in [3.63, 3.8) is 0 Å². The number of rotatable bonds is 6. The molecule has 0 amide bonds. The Morgan fingerprint density at radius 3 is 2.11 bits per heavy atom. The van der Waals surface area contributed by atoms with Gasteiger partial charge < -0.3 is 15.2 Å². The third kappa shape index (κ3) is 4.71. The summed E-state index contributed by atoms with van der Waals surface area (Å²) in [6, 6.07) is 11.8. The van der Waals surface area contributed by atoms with E-state index in [1.54, 1.807) is 36.4 Å². The fourth-order valence-electron chi connectivity index (χ4n) is 2.78. The minimum atomic E-state index is -3.74. The van der Waals surface area contributed by atoms with Crippen LogP contribution in [0, 0.1) is 0 Å². The second-order valence-electron chi connectivity index (χ2n) is 6.25. The van der Waals surface area contributed by atoms with E-state index < -0.39 is 32.0 Å². The van der Waals surface area contributed by atoms with Gasteiger partial charge in [-0.3, -0.25) is 4.72 Å². The number of sulfonamides is 1. The molecular formula is C17H20N2O6S2. The van der Waals surface area contributed by atoms with Crippen molar-refractivity contribution in [2.45, 2.75) is 17.0 Å². The summed E-state index contributed by atoms with van der Waals surface area (Å²) in [5, 5.41) is 12.8. The van der Waals surface area contributed by atoms with E-state index in [4.69, 9.17) is 4.74 Å². The maximum absolute atomic E-state index is 12.4. The van der Waals surface area contributed by atoms with Crippen LogP contribution in [0.2, 0.25) is 0 Å². The number of methoxy groups -OCH3 is 1. The van der Waals surface area contributed by atoms with Gasteiger partial charge in [-0.05, 0) is 48.5 Å². The van der Waals surface area contributed by atoms with Crippen molar-refractivity contribution in [1.29, 1.82) is 0 Å². The summed E-state index contributed by atoms with van der Waals surface area (Å²) in [5.41, 5.74) is 0.944. The van der Waals surface area contributed by atoms with Gasteiger partial charge in [-0.1, -0.05) is 0 Å². The van der Waals surface area contributed by atoms with Gasteiger partial charge in [0.15, 0.2) is 9.84 Å². The zero-order valence-electron chi connectivity index (χ0n) is 14.5. The summed E-state index contributed by atoms with van der Waals surface area (Å²) in [6.07, 6.45) is -0.969. The largest absolute Gasteiger partial charge is 0.497 e. The quantitative estimate of drug-likeness (QED) is 0.649. The molecule has 1 aliphatic rings. The fraction of sp³-hybridized carbons (Fsp3) is 0.294. The Morgan fingerprint density at radius 2 is 1.59 bits per heavy atom. The highest BCUT2D eigenvalue weighted by Crippen LogP contribution is 2.22. The van der Waals surface area contributed by atoms with Crippen molar-refractivity contribution in [3.8, 4) is 5.75 Å². The maximum Gasteiger partial charge on any atom is 0.261 e. The van der Waals surface area contributed by atoms with E-state index in [0.29, 0.717) is 17.1 Å². The Hall–Kier alpha value is -2.30. The van der Waals surface area contributed by atoms with Gasteiger partial charge in [-0.15, -0.1) is 0 Å². The van der Waals surface area contributed by atoms with Gasteiger partial charge in [0.1, 0.15) is 5.75 Å². The lowest BCUT2D eigenvalue weighted by Gasteiger charge is -2.16. The number of nitrogens with one attached hydrogen (secondary N) is 2. The molecule has 146 valence electrons. The number of aliphatic hydroxyl groups is 1. The van der Waals surface area contributed by atoms with E-state index in [9.17, 15) is 21.9 Å². The van der Waals surface area contributed by atoms with Crippen molar-refractivity contribution < 1.29 is 26.7 Å². The third-order valence-corrected chi connectivity index (χ3v) is 7.30. The first-order chi connectivity index (χ1) is 12.7. The molecule has 2 aromatic rings. The van der Waals surface area contributed by atoms with Gasteiger partial charge in [-0.25, -0.2) is 16.8 Å². The number of benzene rings is 2. The molecule has 3 N–H and O–H groups in total. The molecule has 0 bridgehead atoms. The van der Waals surface area contributed by atoms with Crippen LogP contribution in [0.5, 0.6) is 5.75 Å². The van der Waals surface area contributed by atoms with Crippen molar-refractivity contribution in [2.75, 3.05) is 28.7 Å². The van der Waals surface area contributed by atoms with Gasteiger partial charge in [0, 0.05) is 11.4 Å². The molecule has 1 fully saturated rings. The zero-order chi connectivity index (χ0) is 19.7. The lowest BCUT2D eigenvalue weighted by molar-refractivity contribution is 0.190. The first-order valence-corrected chi connectivity index (χ1v) is 11.4. The van der Waals surface area contributed by atoms with Crippen molar-refractivity contribution >= 4 is 31.2 Å². The standard InChI is InChI=1S/C17H20N2O6S2/c1-25-14-6-8-15(9-7-14)27(23,24)19-13-4-2-12(3-5-13)18-16-10-26(21,22)11-17(16)20/h2-9,16-20H,10-11H2,1H3/t16-,17-/m1/s1. The summed E-state index contributed by atoms with van der Waals surface area (Å²) < 4.78 is 55.4. The highest BCUT2D eigenvalue weighted by Gasteiger charge is 2.36. The SMILES string of the molecule is COc1ccc(S(=O)(=O)Nc2ccc(N[C@@H]3CS(=O)(=O)C[C@H]3O)cc2)cc1. The van der Waals surface area contributed by atoms with Crippen LogP contribution < -0.4 is 14.8 Å². The number of ether oxygens (including phenoxy) is 1. The molecule has 0 saturated carbocycles. The van der Waals surface area contributed by atoms with E-state index in [0.717, 1.165) is 0 Å². The molecule has 1 heterocycles. The maximum atomic E-state index is 12.4. The molecule has 0 spiro atoms. The van der Waals surface area contributed by atoms with Crippen LogP contribution in [0.1, 0.15) is 0 Å². The van der Waals surface area contributed by atoms with E-state index >= 15 is 0 Å². The number of sulfone groups is 1. The second-order valence-corrected chi connectivity index (χ2v) is 10.1. The Kier molecular flexibility index (Phi) is 5.31. The molecule has 10 heteroatoms. The van der Waals surface area contributed by atoms with Crippen LogP contribution >= 0.6 is 0 Å². The highest BCUT2D eigenvalue weighted by molar-refractivity contribution is 7.92. The van der Waals surface area contributed by atoms with Crippen molar-refractivity contribution in [1.82, 2.24) is 0 Å². The van der Waals surface area contributed by atoms with Crippen LogP contribution in [-0.4, -0.2) is 52.7 Å². The molecular weight excluding hydrogens is 392 g/mol. The van der Waals surface area contributed by atoms with Gasteiger partial charge >= 0.3 is 0 Å². The molecule has 3 rings (SSSR count). The minimum Gasteiger partial charge on any atom is -0.497 e. The molecule has 2 atom stereocenters. The van der Waals surface area contributed by atoms with E-state index in [2.05, 4.69) is 10.0 Å². The molecule has 1 saturated heterocycles. The number of aliphatic hydroxyl groups excluding tert-OH is 1. The first kappa shape index (κ1) is 19.5. The lowest BCUT2D eigenvalue weighted by Crippen LogP contribution is -2.31. The molecule has 0 unspecified atom stereocenters. The number of anilines is 2. The smallest absolute Gasteiger partial charge is 0.261 e. The van der Waals surface area contributed by atoms with E-state index in [1.807, 2.05) is 0 Å². The van der Waals surface area contributed by atoms with Gasteiger partial charge in [0.05, 0.1) is 35.7 Å². The van der Waals surface area contributed by atoms with Crippen LogP contribution in [0.3, 0.4) is 0 Å². The highest BCUT2D eigenvalue weighted by atomic mass is 32.2. The van der Waals surface area contributed by atoms with Crippen molar-refractivity contribution in [2.24, 2.45) is 0 Å². The summed E-state index contributed by atoms with van der Waals surface area (Å²) in [5.74, 6) is 0.158. The molecule has 0 aliphatic carbocycles. The van der Waals surface area contributed by atoms with E-state index in [1.165, 1.54) is 19.2 Å². The summed E-state index contributed by atoms with van der Waals surface area (Å²) in [4.78, 5) is 0.102. The average molecular weight is 412 g/mol. The van der Waals surface area contributed by atoms with E-state index in [-0.39, 0.29) is 16.4 Å². The summed E-state index contributed by atoms with van der Waals surface area (Å²) >= 11 is 0. The monoisotopic (exact) mass is 412 g/mol. The fourth-order valence-corrected chi connectivity index (χ4v) is 5.58. The number of hydrogen-bond acceptors (Lipinski definition) is 7. The molecule has 1 aliphatic heterocycles. The molecule has 2 aromatic carbocycles. The van der Waals surface area contributed by atoms with Crippen LogP contribution in [0.15, 0.2) is 53.4 Å². The van der Waals surface area contributed by atoms with Crippen molar-refractivity contribution in [3.05, 3.63) is 48.5 Å². The van der Waals surface area contributed by atoms with Gasteiger partial charge in [-0.2, -0.15) is 0 Å². The Bertz CT molecular complexity index is 1000. The Balaban J connectivity index is 1.68. The van der Waals surface area contributed by atoms with Crippen LogP contribution in [-0.2, 0) is 19.9 Å². The molecule has 8 nitrogen and oxygen atoms in total. The minimum absolute atomic E-state index is 0.102. The van der Waals surface area contributed by atoms with Crippen LogP contribution in [0.4, 0.5) is 11.4 Å². The normalized spacial score (nSPS) is 21.6. The topological polar surface area (TPSA) is 122 Å². The first-order valence-electron chi connectivity index (χ1n) is 8.10. The summed E-state index contributed by atoms with van der Waals surface area (Å²) in [6.45, 7) is 0. The molecule has 27 heavy (non-hydrogen) atoms. The summed E-state index contributed by atoms with van der Waals surface area (Å²) in [7, 11) is -5.49. The predicted molar refractivity (Wildman–Crippen MR) is 102 cm³/mol. The molecule has 0 aromatic heterocycles. The zero-order valence-corrected chi connectivity index (χ0v) is 16.1. The Morgan fingerprint density at radius 1 is 1.00 bits per heavy atom. The average Bonchev–Trinajstić information content (AvgIpc) is 2.88. The van der Waals surface area contributed by atoms with Gasteiger partial charge in [0.2, 0.25) is 0 Å². The molecule has 0 radical (unpaired) electrons. The lowest BCUT2D eigenvalue weighted by atomic mass is 10.2. The Labute approximate surface area is 158 Å². The predicted octanol–water partition coefficient (Wildman–Crippen LogP) is 1.07. The number of hydrogen-bond donors (Lipinski definition) is 3. The third-order valence-electron chi connectivity index (χ3n) is 4.18. The van der Waals surface area contributed by atoms with Crippen LogP contribution in [0.25, 0.3) is 0 Å². The second kappa shape index (κ2) is 7.37. The van der Waals surface area contributed by atoms with Gasteiger partial charge in [0.25, 0.3) is 10.0 Å².